The maximum absolute atomic E-state index is 12.7. The molecule has 1 amide bonds. The van der Waals surface area contributed by atoms with Crippen molar-refractivity contribution < 1.29 is 14.3 Å². The molecule has 0 radical (unpaired) electrons. The standard InChI is InChI=1S/C19H22N2O3S2/c1-3-6-14(16-7-5-9-25-16)20-17(22)12-21-15(19(23)24-4-2)11-13-8-10-26-18(13)21/h5,7-11,14H,3-4,6,12H2,1-2H3,(H,20,22). The molecule has 3 heterocycles. The van der Waals surface area contributed by atoms with Crippen molar-refractivity contribution in [1.29, 1.82) is 0 Å². The Bertz CT molecular complexity index is 880. The predicted octanol–water partition coefficient (Wildman–Crippen LogP) is 4.60. The van der Waals surface area contributed by atoms with Crippen molar-refractivity contribution in [3.05, 3.63) is 45.6 Å². The van der Waals surface area contributed by atoms with E-state index in [0.29, 0.717) is 12.3 Å². The van der Waals surface area contributed by atoms with Crippen LogP contribution in [0.2, 0.25) is 0 Å². The molecule has 26 heavy (non-hydrogen) atoms. The van der Waals surface area contributed by atoms with Crippen LogP contribution in [0.1, 0.15) is 48.1 Å². The van der Waals surface area contributed by atoms with Gasteiger partial charge < -0.3 is 14.6 Å². The molecule has 0 saturated carbocycles. The number of hydrogen-bond donors (Lipinski definition) is 1. The molecule has 3 rings (SSSR count). The third kappa shape index (κ3) is 3.99. The Morgan fingerprint density at radius 2 is 2.08 bits per heavy atom. The Morgan fingerprint density at radius 1 is 1.23 bits per heavy atom. The number of ether oxygens (including phenoxy) is 1. The van der Waals surface area contributed by atoms with E-state index in [1.54, 1.807) is 28.9 Å². The van der Waals surface area contributed by atoms with E-state index >= 15 is 0 Å². The van der Waals surface area contributed by atoms with Crippen molar-refractivity contribution in [3.8, 4) is 0 Å². The van der Waals surface area contributed by atoms with Crippen molar-refractivity contribution >= 4 is 44.8 Å². The minimum absolute atomic E-state index is 0.00734. The lowest BCUT2D eigenvalue weighted by atomic mass is 10.1. The highest BCUT2D eigenvalue weighted by atomic mass is 32.1. The summed E-state index contributed by atoms with van der Waals surface area (Å²) in [5.74, 6) is -0.500. The van der Waals surface area contributed by atoms with Gasteiger partial charge in [0, 0.05) is 10.3 Å². The highest BCUT2D eigenvalue weighted by Gasteiger charge is 2.21. The number of rotatable bonds is 8. The number of fused-ring (bicyclic) bond motifs is 1. The zero-order valence-electron chi connectivity index (χ0n) is 14.9. The molecular weight excluding hydrogens is 368 g/mol. The molecule has 1 unspecified atom stereocenters. The second-order valence-corrected chi connectivity index (χ2v) is 7.82. The molecule has 0 aromatic carbocycles. The summed E-state index contributed by atoms with van der Waals surface area (Å²) in [6.45, 7) is 4.29. The molecule has 1 atom stereocenters. The molecule has 138 valence electrons. The smallest absolute Gasteiger partial charge is 0.355 e. The van der Waals surface area contributed by atoms with E-state index < -0.39 is 5.97 Å². The Kier molecular flexibility index (Phi) is 6.11. The molecule has 0 bridgehead atoms. The van der Waals surface area contributed by atoms with E-state index in [9.17, 15) is 9.59 Å². The van der Waals surface area contributed by atoms with Crippen LogP contribution in [-0.2, 0) is 16.1 Å². The summed E-state index contributed by atoms with van der Waals surface area (Å²) >= 11 is 3.16. The number of thiophene rings is 2. The van der Waals surface area contributed by atoms with Gasteiger partial charge in [0.1, 0.15) is 17.1 Å². The average molecular weight is 391 g/mol. The first kappa shape index (κ1) is 18.7. The quantitative estimate of drug-likeness (QED) is 0.572. The molecule has 0 saturated heterocycles. The topological polar surface area (TPSA) is 60.3 Å². The van der Waals surface area contributed by atoms with Gasteiger partial charge in [0.05, 0.1) is 12.6 Å². The summed E-state index contributed by atoms with van der Waals surface area (Å²) in [4.78, 5) is 27.0. The lowest BCUT2D eigenvalue weighted by Gasteiger charge is -2.17. The summed E-state index contributed by atoms with van der Waals surface area (Å²) < 4.78 is 6.90. The highest BCUT2D eigenvalue weighted by molar-refractivity contribution is 7.16. The van der Waals surface area contributed by atoms with Gasteiger partial charge in [-0.3, -0.25) is 4.79 Å². The first-order chi connectivity index (χ1) is 12.6. The number of esters is 1. The lowest BCUT2D eigenvalue weighted by Crippen LogP contribution is -2.32. The van der Waals surface area contributed by atoms with Gasteiger partial charge >= 0.3 is 5.97 Å². The number of carbonyl (C=O) groups is 2. The number of amides is 1. The first-order valence-electron chi connectivity index (χ1n) is 8.70. The van der Waals surface area contributed by atoms with Crippen LogP contribution in [0.5, 0.6) is 0 Å². The number of aromatic nitrogens is 1. The lowest BCUT2D eigenvalue weighted by molar-refractivity contribution is -0.122. The monoisotopic (exact) mass is 390 g/mol. The number of nitrogens with zero attached hydrogens (tertiary/aromatic N) is 1. The third-order valence-corrected chi connectivity index (χ3v) is 6.03. The summed E-state index contributed by atoms with van der Waals surface area (Å²) in [6.07, 6.45) is 1.87. The van der Waals surface area contributed by atoms with Gasteiger partial charge in [-0.2, -0.15) is 0 Å². The van der Waals surface area contributed by atoms with E-state index in [0.717, 1.165) is 27.9 Å². The predicted molar refractivity (Wildman–Crippen MR) is 106 cm³/mol. The average Bonchev–Trinajstić information content (AvgIpc) is 3.33. The molecule has 7 heteroatoms. The van der Waals surface area contributed by atoms with E-state index in [4.69, 9.17) is 4.74 Å². The summed E-state index contributed by atoms with van der Waals surface area (Å²) in [7, 11) is 0. The number of nitrogens with one attached hydrogen (secondary N) is 1. The van der Waals surface area contributed by atoms with Gasteiger partial charge in [0.2, 0.25) is 5.91 Å². The van der Waals surface area contributed by atoms with E-state index in [2.05, 4.69) is 12.2 Å². The van der Waals surface area contributed by atoms with Crippen molar-refractivity contribution in [1.82, 2.24) is 9.88 Å². The summed E-state index contributed by atoms with van der Waals surface area (Å²) in [5, 5.41) is 8.05. The van der Waals surface area contributed by atoms with Crippen molar-refractivity contribution in [3.63, 3.8) is 0 Å². The van der Waals surface area contributed by atoms with E-state index in [-0.39, 0.29) is 18.5 Å². The van der Waals surface area contributed by atoms with Crippen molar-refractivity contribution in [2.24, 2.45) is 0 Å². The van der Waals surface area contributed by atoms with Crippen LogP contribution in [0.15, 0.2) is 35.0 Å². The van der Waals surface area contributed by atoms with Crippen LogP contribution in [0, 0.1) is 0 Å². The van der Waals surface area contributed by atoms with Gasteiger partial charge in [-0.15, -0.1) is 22.7 Å². The highest BCUT2D eigenvalue weighted by Crippen LogP contribution is 2.27. The fourth-order valence-corrected chi connectivity index (χ4v) is 4.66. The molecule has 0 aliphatic rings. The molecule has 0 aliphatic heterocycles. The minimum atomic E-state index is -0.396. The molecule has 3 aromatic heterocycles. The maximum atomic E-state index is 12.7. The van der Waals surface area contributed by atoms with E-state index in [1.807, 2.05) is 29.0 Å². The summed E-state index contributed by atoms with van der Waals surface area (Å²) in [5.41, 5.74) is 0.423. The Labute approximate surface area is 160 Å². The van der Waals surface area contributed by atoms with Crippen LogP contribution < -0.4 is 5.32 Å². The zero-order chi connectivity index (χ0) is 18.5. The van der Waals surface area contributed by atoms with Crippen LogP contribution in [0.25, 0.3) is 10.2 Å². The molecule has 0 fully saturated rings. The van der Waals surface area contributed by atoms with Crippen molar-refractivity contribution in [2.75, 3.05) is 6.61 Å². The van der Waals surface area contributed by atoms with Crippen LogP contribution >= 0.6 is 22.7 Å². The van der Waals surface area contributed by atoms with E-state index in [1.165, 1.54) is 11.3 Å². The fourth-order valence-electron chi connectivity index (χ4n) is 2.95. The molecular formula is C19H22N2O3S2. The van der Waals surface area contributed by atoms with Gasteiger partial charge in [0.25, 0.3) is 0 Å². The fraction of sp³-hybridized carbons (Fsp3) is 0.368. The Morgan fingerprint density at radius 3 is 2.77 bits per heavy atom. The summed E-state index contributed by atoms with van der Waals surface area (Å²) in [6, 6.07) is 7.78. The second-order valence-electron chi connectivity index (χ2n) is 5.94. The molecule has 1 N–H and O–H groups in total. The largest absolute Gasteiger partial charge is 0.461 e. The number of carbonyl (C=O) groups excluding carboxylic acids is 2. The van der Waals surface area contributed by atoms with Gasteiger partial charge in [-0.05, 0) is 42.3 Å². The third-order valence-electron chi connectivity index (χ3n) is 4.09. The molecule has 0 aliphatic carbocycles. The SMILES string of the molecule is CCCC(NC(=O)Cn1c(C(=O)OCC)cc2ccsc21)c1cccs1. The molecule has 5 nitrogen and oxygen atoms in total. The molecule has 0 spiro atoms. The zero-order valence-corrected chi connectivity index (χ0v) is 16.5. The van der Waals surface area contributed by atoms with Gasteiger partial charge in [0.15, 0.2) is 0 Å². The van der Waals surface area contributed by atoms with Crippen LogP contribution in [-0.4, -0.2) is 23.1 Å². The van der Waals surface area contributed by atoms with Gasteiger partial charge in [-0.1, -0.05) is 19.4 Å². The van der Waals surface area contributed by atoms with Crippen LogP contribution in [0.4, 0.5) is 0 Å². The second kappa shape index (κ2) is 8.51. The Balaban J connectivity index is 1.81. The minimum Gasteiger partial charge on any atom is -0.461 e. The first-order valence-corrected chi connectivity index (χ1v) is 10.5. The van der Waals surface area contributed by atoms with Crippen LogP contribution in [0.3, 0.4) is 0 Å². The maximum Gasteiger partial charge on any atom is 0.355 e. The Hall–Kier alpha value is -2.12. The normalized spacial score (nSPS) is 12.2. The van der Waals surface area contributed by atoms with Crippen molar-refractivity contribution in [2.45, 2.75) is 39.3 Å². The molecule has 3 aromatic rings. The van der Waals surface area contributed by atoms with Gasteiger partial charge in [-0.25, -0.2) is 4.79 Å². The number of hydrogen-bond acceptors (Lipinski definition) is 5.